The Hall–Kier alpha value is -1.21. The van der Waals surface area contributed by atoms with Gasteiger partial charge in [0, 0.05) is 5.56 Å². The molecule has 0 spiro atoms. The third kappa shape index (κ3) is 1.23. The van der Waals surface area contributed by atoms with Crippen LogP contribution in [0.25, 0.3) is 0 Å². The third-order valence-electron chi connectivity index (χ3n) is 1.86. The summed E-state index contributed by atoms with van der Waals surface area (Å²) in [5.74, 6) is 0. The second kappa shape index (κ2) is 3.03. The summed E-state index contributed by atoms with van der Waals surface area (Å²) in [6.07, 6.45) is 0. The van der Waals surface area contributed by atoms with Crippen LogP contribution in [-0.2, 0) is 0 Å². The van der Waals surface area contributed by atoms with Crippen LogP contribution in [0.2, 0.25) is 0 Å². The summed E-state index contributed by atoms with van der Waals surface area (Å²) in [4.78, 5) is 13.6. The maximum Gasteiger partial charge on any atom is 0.252 e. The molecular weight excluding hydrogens is 172 g/mol. The van der Waals surface area contributed by atoms with E-state index in [1.807, 2.05) is 6.07 Å². The highest BCUT2D eigenvalue weighted by atomic mass is 32.1. The summed E-state index contributed by atoms with van der Waals surface area (Å²) >= 11 is 3.99. The number of nitrogens with one attached hydrogen (secondary N) is 1. The van der Waals surface area contributed by atoms with Crippen molar-refractivity contribution in [2.24, 2.45) is 0 Å². The number of aromatic nitrogens is 1. The number of H-pyrrole nitrogens is 1. The molecule has 0 aliphatic heterocycles. The van der Waals surface area contributed by atoms with E-state index >= 15 is 0 Å². The van der Waals surface area contributed by atoms with Gasteiger partial charge >= 0.3 is 0 Å². The number of nitrogens with zero attached hydrogens (tertiary/aromatic N) is 1. The van der Waals surface area contributed by atoms with Gasteiger partial charge in [0.1, 0.15) is 6.07 Å². The standard InChI is InChI=1S/C8H8N2OS/c1-4-5(2)7(11)10-8(12)6(4)3-9/h1-2H3,(H2,10,11,12). The Kier molecular flexibility index (Phi) is 2.25. The average Bonchev–Trinajstić information content (AvgIpc) is 2.01. The van der Waals surface area contributed by atoms with E-state index in [9.17, 15) is 4.79 Å². The van der Waals surface area contributed by atoms with E-state index in [0.717, 1.165) is 0 Å². The molecule has 12 heavy (non-hydrogen) atoms. The van der Waals surface area contributed by atoms with Crippen molar-refractivity contribution in [1.29, 1.82) is 5.26 Å². The van der Waals surface area contributed by atoms with Gasteiger partial charge in [0.2, 0.25) is 0 Å². The number of aromatic amines is 1. The topological polar surface area (TPSA) is 56.6 Å². The second-order valence-electron chi connectivity index (χ2n) is 2.54. The number of hydrogen-bond acceptors (Lipinski definition) is 3. The van der Waals surface area contributed by atoms with Crippen molar-refractivity contribution in [3.05, 3.63) is 27.0 Å². The maximum absolute atomic E-state index is 11.1. The fourth-order valence-electron chi connectivity index (χ4n) is 0.936. The molecule has 3 nitrogen and oxygen atoms in total. The van der Waals surface area contributed by atoms with Crippen molar-refractivity contribution < 1.29 is 0 Å². The van der Waals surface area contributed by atoms with Crippen molar-refractivity contribution in [2.75, 3.05) is 0 Å². The Labute approximate surface area is 75.5 Å². The van der Waals surface area contributed by atoms with Gasteiger partial charge in [0.05, 0.1) is 10.6 Å². The highest BCUT2D eigenvalue weighted by Crippen LogP contribution is 2.14. The zero-order valence-corrected chi connectivity index (χ0v) is 7.70. The van der Waals surface area contributed by atoms with Gasteiger partial charge in [0.25, 0.3) is 5.56 Å². The van der Waals surface area contributed by atoms with E-state index in [2.05, 4.69) is 17.6 Å². The molecule has 0 aromatic carbocycles. The fourth-order valence-corrected chi connectivity index (χ4v) is 1.26. The molecule has 1 N–H and O–H groups in total. The van der Waals surface area contributed by atoms with E-state index in [0.29, 0.717) is 21.7 Å². The number of pyridine rings is 1. The second-order valence-corrected chi connectivity index (χ2v) is 2.99. The Balaban J connectivity index is 3.66. The number of rotatable bonds is 0. The van der Waals surface area contributed by atoms with Gasteiger partial charge in [-0.3, -0.25) is 4.79 Å². The van der Waals surface area contributed by atoms with Crippen molar-refractivity contribution in [3.63, 3.8) is 0 Å². The van der Waals surface area contributed by atoms with E-state index in [1.54, 1.807) is 13.8 Å². The molecule has 1 rings (SSSR count). The molecule has 1 heterocycles. The van der Waals surface area contributed by atoms with Gasteiger partial charge in [0.15, 0.2) is 0 Å². The first-order valence-electron chi connectivity index (χ1n) is 3.40. The molecule has 0 bridgehead atoms. The molecule has 0 aliphatic carbocycles. The normalized spacial score (nSPS) is 9.50. The lowest BCUT2D eigenvalue weighted by molar-refractivity contribution is 1.01. The van der Waals surface area contributed by atoms with Gasteiger partial charge in [-0.2, -0.15) is 5.26 Å². The fraction of sp³-hybridized carbons (Fsp3) is 0.250. The minimum absolute atomic E-state index is 0.184. The molecule has 1 aromatic heterocycles. The first-order valence-corrected chi connectivity index (χ1v) is 3.85. The maximum atomic E-state index is 11.1. The van der Waals surface area contributed by atoms with E-state index in [1.165, 1.54) is 0 Å². The van der Waals surface area contributed by atoms with Crippen molar-refractivity contribution in [1.82, 2.24) is 4.98 Å². The highest BCUT2D eigenvalue weighted by molar-refractivity contribution is 7.80. The molecule has 0 aliphatic rings. The lowest BCUT2D eigenvalue weighted by Crippen LogP contribution is -2.13. The minimum Gasteiger partial charge on any atom is -0.316 e. The summed E-state index contributed by atoms with van der Waals surface area (Å²) in [7, 11) is 0. The van der Waals surface area contributed by atoms with Gasteiger partial charge in [-0.05, 0) is 19.4 Å². The van der Waals surface area contributed by atoms with Crippen LogP contribution >= 0.6 is 12.6 Å². The predicted octanol–water partition coefficient (Wildman–Crippen LogP) is 1.15. The number of nitriles is 1. The SMILES string of the molecule is Cc1c(C#N)c(S)[nH]c(=O)c1C. The lowest BCUT2D eigenvalue weighted by Gasteiger charge is -2.02. The lowest BCUT2D eigenvalue weighted by atomic mass is 10.1. The Bertz CT molecular complexity index is 414. The molecule has 0 saturated carbocycles. The van der Waals surface area contributed by atoms with Crippen LogP contribution in [0.3, 0.4) is 0 Å². The molecule has 0 unspecified atom stereocenters. The van der Waals surface area contributed by atoms with Gasteiger partial charge in [-0.15, -0.1) is 12.6 Å². The first kappa shape index (κ1) is 8.88. The summed E-state index contributed by atoms with van der Waals surface area (Å²) in [6.45, 7) is 3.42. The molecule has 0 amide bonds. The quantitative estimate of drug-likeness (QED) is 0.588. The van der Waals surface area contributed by atoms with Crippen LogP contribution < -0.4 is 5.56 Å². The van der Waals surface area contributed by atoms with Crippen LogP contribution in [0.15, 0.2) is 9.82 Å². The number of thiol groups is 1. The monoisotopic (exact) mass is 180 g/mol. The summed E-state index contributed by atoms with van der Waals surface area (Å²) < 4.78 is 0. The van der Waals surface area contributed by atoms with Crippen LogP contribution in [0.4, 0.5) is 0 Å². The van der Waals surface area contributed by atoms with E-state index in [-0.39, 0.29) is 5.56 Å². The Morgan fingerprint density at radius 3 is 2.50 bits per heavy atom. The Morgan fingerprint density at radius 1 is 1.42 bits per heavy atom. The van der Waals surface area contributed by atoms with Crippen molar-refractivity contribution in [2.45, 2.75) is 18.9 Å². The Morgan fingerprint density at radius 2 is 2.00 bits per heavy atom. The summed E-state index contributed by atoms with van der Waals surface area (Å²) in [5.41, 5.74) is 1.53. The molecule has 0 atom stereocenters. The van der Waals surface area contributed by atoms with Crippen molar-refractivity contribution in [3.8, 4) is 6.07 Å². The van der Waals surface area contributed by atoms with Crippen LogP contribution in [0, 0.1) is 25.2 Å². The van der Waals surface area contributed by atoms with Gasteiger partial charge in [-0.1, -0.05) is 0 Å². The molecule has 1 aromatic rings. The van der Waals surface area contributed by atoms with Gasteiger partial charge < -0.3 is 4.98 Å². The molecular formula is C8H8N2OS. The summed E-state index contributed by atoms with van der Waals surface area (Å²) in [6, 6.07) is 1.99. The van der Waals surface area contributed by atoms with Crippen molar-refractivity contribution >= 4 is 12.6 Å². The molecule has 4 heteroatoms. The number of hydrogen-bond donors (Lipinski definition) is 2. The smallest absolute Gasteiger partial charge is 0.252 e. The zero-order valence-electron chi connectivity index (χ0n) is 6.80. The van der Waals surface area contributed by atoms with Crippen LogP contribution in [-0.4, -0.2) is 4.98 Å². The van der Waals surface area contributed by atoms with E-state index < -0.39 is 0 Å². The molecule has 62 valence electrons. The summed E-state index contributed by atoms with van der Waals surface area (Å²) in [5, 5.41) is 9.03. The molecule has 0 radical (unpaired) electrons. The molecule has 0 saturated heterocycles. The van der Waals surface area contributed by atoms with Crippen LogP contribution in [0.1, 0.15) is 16.7 Å². The van der Waals surface area contributed by atoms with Crippen LogP contribution in [0.5, 0.6) is 0 Å². The highest BCUT2D eigenvalue weighted by Gasteiger charge is 2.07. The predicted molar refractivity (Wildman–Crippen MR) is 48.5 cm³/mol. The minimum atomic E-state index is -0.184. The molecule has 0 fully saturated rings. The van der Waals surface area contributed by atoms with E-state index in [4.69, 9.17) is 5.26 Å². The zero-order chi connectivity index (χ0) is 9.30. The first-order chi connectivity index (χ1) is 5.57. The average molecular weight is 180 g/mol. The van der Waals surface area contributed by atoms with Gasteiger partial charge in [-0.25, -0.2) is 0 Å². The third-order valence-corrected chi connectivity index (χ3v) is 2.19. The largest absolute Gasteiger partial charge is 0.316 e.